The van der Waals surface area contributed by atoms with Gasteiger partial charge in [-0.1, -0.05) is 49.7 Å². The van der Waals surface area contributed by atoms with E-state index in [1.54, 1.807) is 18.3 Å². The molecule has 0 fully saturated rings. The molecule has 2 aromatic heterocycles. The van der Waals surface area contributed by atoms with Crippen molar-refractivity contribution in [3.05, 3.63) is 53.0 Å². The van der Waals surface area contributed by atoms with E-state index in [-0.39, 0.29) is 5.41 Å². The zero-order valence-corrected chi connectivity index (χ0v) is 18.5. The van der Waals surface area contributed by atoms with Crippen LogP contribution < -0.4 is 10.6 Å². The van der Waals surface area contributed by atoms with Crippen LogP contribution in [0.25, 0.3) is 11.4 Å². The molecule has 9 heteroatoms. The van der Waals surface area contributed by atoms with Gasteiger partial charge in [0.2, 0.25) is 17.6 Å². The van der Waals surface area contributed by atoms with Crippen molar-refractivity contribution in [2.24, 2.45) is 4.99 Å². The molecule has 0 bridgehead atoms. The van der Waals surface area contributed by atoms with E-state index in [1.165, 1.54) is 0 Å². The Morgan fingerprint density at radius 2 is 2.03 bits per heavy atom. The maximum Gasteiger partial charge on any atom is 0.228 e. The van der Waals surface area contributed by atoms with E-state index in [0.29, 0.717) is 48.1 Å². The maximum atomic E-state index is 6.02. The summed E-state index contributed by atoms with van der Waals surface area (Å²) in [5, 5.41) is 11.1. The first-order valence-electron chi connectivity index (χ1n) is 9.91. The predicted octanol–water partition coefficient (Wildman–Crippen LogP) is 3.97. The van der Waals surface area contributed by atoms with E-state index in [0.717, 1.165) is 17.9 Å². The van der Waals surface area contributed by atoms with Gasteiger partial charge in [0.15, 0.2) is 5.96 Å². The third kappa shape index (κ3) is 6.06. The van der Waals surface area contributed by atoms with Crippen LogP contribution in [0.3, 0.4) is 0 Å². The van der Waals surface area contributed by atoms with Crippen molar-refractivity contribution in [1.82, 2.24) is 25.8 Å². The Kier molecular flexibility index (Phi) is 7.10. The lowest BCUT2D eigenvalue weighted by Gasteiger charge is -2.13. The molecule has 0 unspecified atom stereocenters. The van der Waals surface area contributed by atoms with Gasteiger partial charge in [0.1, 0.15) is 12.3 Å². The predicted molar refractivity (Wildman–Crippen MR) is 116 cm³/mol. The van der Waals surface area contributed by atoms with E-state index in [2.05, 4.69) is 51.5 Å². The molecule has 0 atom stereocenters. The molecule has 3 aromatic rings. The quantitative estimate of drug-likeness (QED) is 0.431. The number of aliphatic imine (C=N–C) groups is 1. The van der Waals surface area contributed by atoms with Crippen LogP contribution >= 0.6 is 11.6 Å². The van der Waals surface area contributed by atoms with Gasteiger partial charge in [-0.15, -0.1) is 0 Å². The van der Waals surface area contributed by atoms with E-state index >= 15 is 0 Å². The van der Waals surface area contributed by atoms with Crippen molar-refractivity contribution in [2.75, 3.05) is 13.1 Å². The average molecular weight is 431 g/mol. The van der Waals surface area contributed by atoms with Crippen LogP contribution in [0.5, 0.6) is 0 Å². The fraction of sp³-hybridized carbons (Fsp3) is 0.429. The first-order chi connectivity index (χ1) is 14.3. The number of nitrogens with one attached hydrogen (secondary N) is 2. The molecule has 0 spiro atoms. The summed E-state index contributed by atoms with van der Waals surface area (Å²) in [6, 6.07) is 7.35. The highest BCUT2D eigenvalue weighted by molar-refractivity contribution is 6.30. The molecule has 2 N–H and O–H groups in total. The number of rotatable bonds is 7. The molecular formula is C21H27ClN6O2. The molecule has 8 nitrogen and oxygen atoms in total. The number of aromatic nitrogens is 3. The van der Waals surface area contributed by atoms with Crippen LogP contribution in [0, 0.1) is 0 Å². The van der Waals surface area contributed by atoms with Crippen molar-refractivity contribution in [1.29, 1.82) is 0 Å². The van der Waals surface area contributed by atoms with E-state index in [9.17, 15) is 0 Å². The Morgan fingerprint density at radius 3 is 2.73 bits per heavy atom. The lowest BCUT2D eigenvalue weighted by Crippen LogP contribution is -2.38. The molecule has 0 aliphatic carbocycles. The van der Waals surface area contributed by atoms with Crippen molar-refractivity contribution < 1.29 is 8.94 Å². The average Bonchev–Trinajstić information content (AvgIpc) is 3.36. The van der Waals surface area contributed by atoms with Crippen LogP contribution in [0.2, 0.25) is 5.02 Å². The number of oxazole rings is 1. The monoisotopic (exact) mass is 430 g/mol. The molecule has 0 radical (unpaired) electrons. The second-order valence-corrected chi connectivity index (χ2v) is 8.20. The van der Waals surface area contributed by atoms with Gasteiger partial charge < -0.3 is 19.6 Å². The molecule has 160 valence electrons. The number of hydrogen-bond acceptors (Lipinski definition) is 6. The Balaban J connectivity index is 1.55. The molecular weight excluding hydrogens is 404 g/mol. The first-order valence-corrected chi connectivity index (χ1v) is 10.3. The highest BCUT2D eigenvalue weighted by atomic mass is 35.5. The van der Waals surface area contributed by atoms with Gasteiger partial charge in [-0.25, -0.2) is 9.98 Å². The minimum Gasteiger partial charge on any atom is -0.443 e. The molecule has 0 aliphatic heterocycles. The molecule has 0 saturated carbocycles. The number of guanidine groups is 1. The lowest BCUT2D eigenvalue weighted by molar-refractivity contribution is 0.378. The van der Waals surface area contributed by atoms with Gasteiger partial charge in [0.05, 0.1) is 6.20 Å². The highest BCUT2D eigenvalue weighted by Gasteiger charge is 2.19. The van der Waals surface area contributed by atoms with Gasteiger partial charge in [-0.05, 0) is 19.1 Å². The molecule has 30 heavy (non-hydrogen) atoms. The van der Waals surface area contributed by atoms with Crippen LogP contribution in [-0.4, -0.2) is 34.2 Å². The SMILES string of the molecule is CCNC(=NCc1ncc(C(C)(C)C)o1)NCCc1nc(-c2cccc(Cl)c2)no1. The highest BCUT2D eigenvalue weighted by Crippen LogP contribution is 2.23. The molecule has 1 aromatic carbocycles. The lowest BCUT2D eigenvalue weighted by atomic mass is 9.94. The molecule has 2 heterocycles. The summed E-state index contributed by atoms with van der Waals surface area (Å²) in [5.41, 5.74) is 0.743. The van der Waals surface area contributed by atoms with Crippen LogP contribution in [0.4, 0.5) is 0 Å². The first kappa shape index (κ1) is 21.8. The summed E-state index contributed by atoms with van der Waals surface area (Å²) < 4.78 is 11.1. The molecule has 3 rings (SSSR count). The fourth-order valence-electron chi connectivity index (χ4n) is 2.61. The largest absolute Gasteiger partial charge is 0.443 e. The third-order valence-corrected chi connectivity index (χ3v) is 4.43. The summed E-state index contributed by atoms with van der Waals surface area (Å²) in [5.74, 6) is 3.16. The summed E-state index contributed by atoms with van der Waals surface area (Å²) in [4.78, 5) is 13.3. The van der Waals surface area contributed by atoms with Crippen LogP contribution in [-0.2, 0) is 18.4 Å². The number of benzene rings is 1. The van der Waals surface area contributed by atoms with E-state index in [1.807, 2.05) is 19.1 Å². The van der Waals surface area contributed by atoms with Gasteiger partial charge in [0.25, 0.3) is 0 Å². The summed E-state index contributed by atoms with van der Waals surface area (Å²) in [6.07, 6.45) is 2.32. The van der Waals surface area contributed by atoms with E-state index in [4.69, 9.17) is 20.5 Å². The Hall–Kier alpha value is -2.87. The third-order valence-electron chi connectivity index (χ3n) is 4.19. The minimum absolute atomic E-state index is 0.0777. The van der Waals surface area contributed by atoms with Crippen molar-refractivity contribution in [2.45, 2.75) is 46.1 Å². The maximum absolute atomic E-state index is 6.02. The Bertz CT molecular complexity index is 989. The second kappa shape index (κ2) is 9.75. The molecule has 0 aliphatic rings. The van der Waals surface area contributed by atoms with Crippen molar-refractivity contribution >= 4 is 17.6 Å². The van der Waals surface area contributed by atoms with Crippen LogP contribution in [0.15, 0.2) is 44.4 Å². The second-order valence-electron chi connectivity index (χ2n) is 7.76. The van der Waals surface area contributed by atoms with E-state index < -0.39 is 0 Å². The summed E-state index contributed by atoms with van der Waals surface area (Å²) in [6.45, 7) is 9.94. The van der Waals surface area contributed by atoms with Gasteiger partial charge >= 0.3 is 0 Å². The van der Waals surface area contributed by atoms with Crippen molar-refractivity contribution in [3.63, 3.8) is 0 Å². The Labute approximate surface area is 181 Å². The van der Waals surface area contributed by atoms with Gasteiger partial charge in [-0.2, -0.15) is 4.98 Å². The zero-order chi connectivity index (χ0) is 21.6. The van der Waals surface area contributed by atoms with Gasteiger partial charge in [-0.3, -0.25) is 0 Å². The number of nitrogens with zero attached hydrogens (tertiary/aromatic N) is 4. The fourth-order valence-corrected chi connectivity index (χ4v) is 2.80. The minimum atomic E-state index is -0.0777. The number of halogens is 1. The van der Waals surface area contributed by atoms with Gasteiger partial charge in [0, 0.05) is 35.5 Å². The van der Waals surface area contributed by atoms with Crippen LogP contribution in [0.1, 0.15) is 45.2 Å². The van der Waals surface area contributed by atoms with Crippen molar-refractivity contribution in [3.8, 4) is 11.4 Å². The summed E-state index contributed by atoms with van der Waals surface area (Å²) in [7, 11) is 0. The standard InChI is InChI=1S/C21H27ClN6O2/c1-5-23-20(26-13-18-25-12-16(29-18)21(2,3)4)24-10-9-17-27-19(28-30-17)14-7-6-8-15(22)11-14/h6-8,11-12H,5,9-10,13H2,1-4H3,(H2,23,24,26). The molecule has 0 saturated heterocycles. The number of hydrogen-bond donors (Lipinski definition) is 2. The smallest absolute Gasteiger partial charge is 0.228 e. The normalized spacial score (nSPS) is 12.2. The Morgan fingerprint density at radius 1 is 1.20 bits per heavy atom. The zero-order valence-electron chi connectivity index (χ0n) is 17.7. The topological polar surface area (TPSA) is 101 Å². The summed E-state index contributed by atoms with van der Waals surface area (Å²) >= 11 is 6.02. The molecule has 0 amide bonds.